The molecule has 0 unspecified atom stereocenters. The molecule has 0 aliphatic rings. The Bertz CT molecular complexity index is 883. The van der Waals surface area contributed by atoms with E-state index in [2.05, 4.69) is 17.6 Å². The van der Waals surface area contributed by atoms with Crippen molar-refractivity contribution in [3.8, 4) is 17.3 Å². The van der Waals surface area contributed by atoms with Gasteiger partial charge in [-0.15, -0.1) is 12.6 Å². The van der Waals surface area contributed by atoms with E-state index in [4.69, 9.17) is 22.6 Å². The fourth-order valence-electron chi connectivity index (χ4n) is 1.88. The predicted octanol–water partition coefficient (Wildman–Crippen LogP) is 5.04. The Hall–Kier alpha value is -2.49. The Morgan fingerprint density at radius 1 is 1.12 bits per heavy atom. The van der Waals surface area contributed by atoms with Gasteiger partial charge in [-0.25, -0.2) is 8.78 Å². The van der Waals surface area contributed by atoms with Gasteiger partial charge in [-0.05, 0) is 36.4 Å². The van der Waals surface area contributed by atoms with E-state index in [1.54, 1.807) is 30.5 Å². The molecule has 122 valence electrons. The zero-order chi connectivity index (χ0) is 17.7. The van der Waals surface area contributed by atoms with Crippen LogP contribution in [0.25, 0.3) is 11.3 Å². The number of thiol groups is 1. The van der Waals surface area contributed by atoms with Crippen LogP contribution in [0.2, 0.25) is 5.02 Å². The van der Waals surface area contributed by atoms with Gasteiger partial charge in [0.2, 0.25) is 0 Å². The number of hydrogen-bond donors (Lipinski definition) is 3. The van der Waals surface area contributed by atoms with Gasteiger partial charge in [-0.3, -0.25) is 0 Å². The summed E-state index contributed by atoms with van der Waals surface area (Å²) in [4.78, 5) is 3.65. The van der Waals surface area contributed by atoms with Crippen LogP contribution in [0, 0.1) is 23.0 Å². The van der Waals surface area contributed by atoms with Crippen molar-refractivity contribution in [3.05, 3.63) is 70.9 Å². The van der Waals surface area contributed by atoms with Crippen LogP contribution in [0.4, 0.5) is 14.5 Å². The number of benzene rings is 2. The number of nitrogens with one attached hydrogen (secondary N) is 1. The Labute approximate surface area is 148 Å². The van der Waals surface area contributed by atoms with Gasteiger partial charge in [0.1, 0.15) is 11.6 Å². The zero-order valence-electron chi connectivity index (χ0n) is 12.2. The molecule has 7 heteroatoms. The maximum atomic E-state index is 13.4. The first kappa shape index (κ1) is 17.9. The molecule has 0 aliphatic heterocycles. The molecule has 3 aromatic rings. The molecule has 0 spiro atoms. The van der Waals surface area contributed by atoms with Crippen LogP contribution >= 0.6 is 24.2 Å². The van der Waals surface area contributed by atoms with Crippen LogP contribution in [0.1, 0.15) is 5.56 Å². The fourth-order valence-corrected chi connectivity index (χ4v) is 2.34. The summed E-state index contributed by atoms with van der Waals surface area (Å²) < 4.78 is 25.9. The molecular weight excluding hydrogens is 352 g/mol. The van der Waals surface area contributed by atoms with E-state index in [0.717, 1.165) is 11.0 Å². The van der Waals surface area contributed by atoms with E-state index in [-0.39, 0.29) is 17.1 Å². The first-order valence-corrected chi connectivity index (χ1v) is 7.51. The third-order valence-corrected chi connectivity index (χ3v) is 3.60. The summed E-state index contributed by atoms with van der Waals surface area (Å²) >= 11 is 10.0. The average molecular weight is 364 g/mol. The van der Waals surface area contributed by atoms with E-state index in [1.165, 1.54) is 18.2 Å². The van der Waals surface area contributed by atoms with Gasteiger partial charge in [0.15, 0.2) is 0 Å². The Morgan fingerprint density at radius 2 is 1.88 bits per heavy atom. The summed E-state index contributed by atoms with van der Waals surface area (Å²) in [6.07, 6.45) is 1.68. The van der Waals surface area contributed by atoms with Crippen molar-refractivity contribution in [1.82, 2.24) is 4.98 Å². The maximum absolute atomic E-state index is 13.4. The molecule has 3 nitrogen and oxygen atoms in total. The second kappa shape index (κ2) is 7.86. The van der Waals surface area contributed by atoms with Crippen molar-refractivity contribution in [3.63, 3.8) is 0 Å². The monoisotopic (exact) mass is 363 g/mol. The van der Waals surface area contributed by atoms with Gasteiger partial charge in [-0.1, -0.05) is 17.7 Å². The lowest BCUT2D eigenvalue weighted by Gasteiger charge is -2.02. The normalized spacial score (nSPS) is 9.79. The summed E-state index contributed by atoms with van der Waals surface area (Å²) in [6.45, 7) is 0. The molecule has 3 N–H and O–H groups in total. The van der Waals surface area contributed by atoms with Crippen LogP contribution in [0.5, 0.6) is 0 Å². The number of rotatable bonds is 1. The van der Waals surface area contributed by atoms with E-state index in [9.17, 15) is 8.78 Å². The molecule has 24 heavy (non-hydrogen) atoms. The number of nitriles is 1. The number of aromatic nitrogens is 1. The lowest BCUT2D eigenvalue weighted by atomic mass is 10.1. The smallest absolute Gasteiger partial charge is 0.147 e. The van der Waals surface area contributed by atoms with Crippen LogP contribution in [-0.2, 0) is 0 Å². The molecule has 0 amide bonds. The molecule has 1 heterocycles. The highest BCUT2D eigenvalue weighted by Crippen LogP contribution is 2.30. The minimum atomic E-state index is -0.543. The lowest BCUT2D eigenvalue weighted by Crippen LogP contribution is -1.89. The quantitative estimate of drug-likeness (QED) is 0.418. The minimum absolute atomic E-state index is 0.0685. The molecule has 0 atom stereocenters. The van der Waals surface area contributed by atoms with Crippen LogP contribution < -0.4 is 5.73 Å². The van der Waals surface area contributed by atoms with Crippen molar-refractivity contribution >= 4 is 29.9 Å². The molecule has 0 saturated heterocycles. The Morgan fingerprint density at radius 3 is 2.42 bits per heavy atom. The number of hydrogen-bond acceptors (Lipinski definition) is 3. The molecule has 0 radical (unpaired) electrons. The summed E-state index contributed by atoms with van der Waals surface area (Å²) in [6, 6.07) is 12.1. The molecule has 0 bridgehead atoms. The van der Waals surface area contributed by atoms with E-state index in [0.29, 0.717) is 16.3 Å². The first-order chi connectivity index (χ1) is 11.4. The number of nitrogens with zero attached hydrogens (tertiary/aromatic N) is 1. The van der Waals surface area contributed by atoms with Crippen molar-refractivity contribution in [2.24, 2.45) is 0 Å². The molecule has 3 rings (SSSR count). The molecule has 0 fully saturated rings. The van der Waals surface area contributed by atoms with Gasteiger partial charge in [0.05, 0.1) is 33.6 Å². The number of nitrogens with two attached hydrogens (primary N) is 1. The number of anilines is 1. The van der Waals surface area contributed by atoms with Gasteiger partial charge in [-0.2, -0.15) is 5.26 Å². The van der Waals surface area contributed by atoms with E-state index < -0.39 is 5.82 Å². The van der Waals surface area contributed by atoms with E-state index >= 15 is 0 Å². The van der Waals surface area contributed by atoms with Gasteiger partial charge in [0.25, 0.3) is 0 Å². The maximum Gasteiger partial charge on any atom is 0.147 e. The first-order valence-electron chi connectivity index (χ1n) is 6.69. The van der Waals surface area contributed by atoms with E-state index in [1.807, 2.05) is 0 Å². The van der Waals surface area contributed by atoms with Crippen molar-refractivity contribution in [2.75, 3.05) is 5.73 Å². The van der Waals surface area contributed by atoms with Crippen molar-refractivity contribution < 1.29 is 8.78 Å². The number of aromatic amines is 1. The third-order valence-electron chi connectivity index (χ3n) is 3.03. The van der Waals surface area contributed by atoms with Crippen LogP contribution in [0.3, 0.4) is 0 Å². The Balaban J connectivity index is 0.000000185. The highest BCUT2D eigenvalue weighted by atomic mass is 35.5. The van der Waals surface area contributed by atoms with Gasteiger partial charge < -0.3 is 10.7 Å². The molecule has 1 aromatic heterocycles. The second-order valence-corrected chi connectivity index (χ2v) is 5.64. The second-order valence-electron chi connectivity index (χ2n) is 4.72. The largest absolute Gasteiger partial charge is 0.396 e. The predicted molar refractivity (Wildman–Crippen MR) is 94.0 cm³/mol. The average Bonchev–Trinajstić information content (AvgIpc) is 2.97. The topological polar surface area (TPSA) is 65.6 Å². The molecule has 0 aliphatic carbocycles. The summed E-state index contributed by atoms with van der Waals surface area (Å²) in [5.41, 5.74) is 6.53. The Kier molecular flexibility index (Phi) is 5.85. The van der Waals surface area contributed by atoms with Gasteiger partial charge >= 0.3 is 0 Å². The standard InChI is InChI=1S/C10H7ClFNS.C7H5FN2/c11-7-2-1-3-8(12)10(7)9-4-6(14)5-13-9;8-6-3-5(4-9)1-2-7(6)10/h1-5,13-14H;1-3H,10H2. The van der Waals surface area contributed by atoms with Crippen molar-refractivity contribution in [1.29, 1.82) is 5.26 Å². The summed E-state index contributed by atoms with van der Waals surface area (Å²) in [5, 5.41) is 8.68. The van der Waals surface area contributed by atoms with Gasteiger partial charge in [0, 0.05) is 11.1 Å². The lowest BCUT2D eigenvalue weighted by molar-refractivity contribution is 0.631. The number of nitrogen functional groups attached to an aromatic ring is 1. The summed E-state index contributed by atoms with van der Waals surface area (Å²) in [5.74, 6) is -0.883. The number of halogens is 3. The molecular formula is C17H12ClF2N3S. The zero-order valence-corrected chi connectivity index (χ0v) is 13.9. The third kappa shape index (κ3) is 4.28. The van der Waals surface area contributed by atoms with Crippen molar-refractivity contribution in [2.45, 2.75) is 4.90 Å². The minimum Gasteiger partial charge on any atom is -0.396 e. The van der Waals surface area contributed by atoms with Crippen LogP contribution in [0.15, 0.2) is 53.6 Å². The SMILES string of the molecule is Fc1cccc(Cl)c1-c1cc(S)c[nH]1.N#Cc1ccc(N)c(F)c1. The highest BCUT2D eigenvalue weighted by molar-refractivity contribution is 7.80. The number of H-pyrrole nitrogens is 1. The fraction of sp³-hybridized carbons (Fsp3) is 0. The molecule has 2 aromatic carbocycles. The molecule has 0 saturated carbocycles. The summed E-state index contributed by atoms with van der Waals surface area (Å²) in [7, 11) is 0. The highest BCUT2D eigenvalue weighted by Gasteiger charge is 2.10. The van der Waals surface area contributed by atoms with Crippen LogP contribution in [-0.4, -0.2) is 4.98 Å².